The van der Waals surface area contributed by atoms with Gasteiger partial charge < -0.3 is 20.9 Å². The third-order valence-corrected chi connectivity index (χ3v) is 3.12. The number of amides is 3. The quantitative estimate of drug-likeness (QED) is 0.740. The fraction of sp³-hybridized carbons (Fsp3) is 0.385. The Morgan fingerprint density at radius 2 is 1.95 bits per heavy atom. The highest BCUT2D eigenvalue weighted by atomic mass is 16.2. The Kier molecular flexibility index (Phi) is 3.89. The molecule has 1 fully saturated rings. The van der Waals surface area contributed by atoms with Gasteiger partial charge in [0.05, 0.1) is 0 Å². The lowest BCUT2D eigenvalue weighted by molar-refractivity contribution is -0.129. The van der Waals surface area contributed by atoms with Gasteiger partial charge in [-0.25, -0.2) is 4.79 Å². The molecule has 6 nitrogen and oxygen atoms in total. The summed E-state index contributed by atoms with van der Waals surface area (Å²) in [6.07, 6.45) is 0.789. The second-order valence-corrected chi connectivity index (χ2v) is 4.64. The molecule has 0 aliphatic carbocycles. The number of carbonyl (C=O) groups excluding carboxylic acids is 2. The van der Waals surface area contributed by atoms with Crippen molar-refractivity contribution in [1.29, 1.82) is 0 Å². The lowest BCUT2D eigenvalue weighted by atomic mass is 10.3. The van der Waals surface area contributed by atoms with Crippen LogP contribution >= 0.6 is 0 Å². The molecule has 1 aliphatic heterocycles. The predicted molar refractivity (Wildman–Crippen MR) is 73.7 cm³/mol. The molecule has 19 heavy (non-hydrogen) atoms. The molecule has 1 saturated heterocycles. The summed E-state index contributed by atoms with van der Waals surface area (Å²) in [6, 6.07) is 6.65. The molecule has 3 N–H and O–H groups in total. The van der Waals surface area contributed by atoms with Crippen molar-refractivity contribution in [3.05, 3.63) is 24.3 Å². The zero-order valence-electron chi connectivity index (χ0n) is 10.9. The van der Waals surface area contributed by atoms with Crippen LogP contribution in [0.5, 0.6) is 0 Å². The Morgan fingerprint density at radius 1 is 1.26 bits per heavy atom. The van der Waals surface area contributed by atoms with E-state index in [2.05, 4.69) is 5.32 Å². The van der Waals surface area contributed by atoms with E-state index in [1.807, 2.05) is 0 Å². The maximum atomic E-state index is 12.1. The predicted octanol–water partition coefficient (Wildman–Crippen LogP) is 0.965. The zero-order valence-corrected chi connectivity index (χ0v) is 10.9. The van der Waals surface area contributed by atoms with E-state index in [9.17, 15) is 9.59 Å². The van der Waals surface area contributed by atoms with Crippen molar-refractivity contribution in [3.8, 4) is 0 Å². The Labute approximate surface area is 112 Å². The monoisotopic (exact) mass is 262 g/mol. The molecule has 1 heterocycles. The van der Waals surface area contributed by atoms with E-state index in [1.54, 1.807) is 36.2 Å². The molecule has 0 unspecified atom stereocenters. The molecule has 3 amide bonds. The average molecular weight is 262 g/mol. The maximum absolute atomic E-state index is 12.1. The van der Waals surface area contributed by atoms with Gasteiger partial charge in [0.25, 0.3) is 0 Å². The van der Waals surface area contributed by atoms with E-state index in [1.165, 1.54) is 4.90 Å². The number of benzene rings is 1. The molecule has 1 aromatic rings. The number of carbonyl (C=O) groups is 2. The molecule has 0 bridgehead atoms. The lowest BCUT2D eigenvalue weighted by Gasteiger charge is -2.20. The van der Waals surface area contributed by atoms with Crippen LogP contribution in [0.2, 0.25) is 0 Å². The number of urea groups is 1. The van der Waals surface area contributed by atoms with Crippen LogP contribution in [0.4, 0.5) is 16.2 Å². The molecule has 1 aliphatic rings. The molecule has 102 valence electrons. The standard InChI is InChI=1S/C13H18N4O2/c1-16-7-2-8-17(9-12(16)18)13(19)15-11-5-3-10(14)4-6-11/h3-6H,2,7-9,14H2,1H3,(H,15,19). The van der Waals surface area contributed by atoms with Crippen LogP contribution in [0, 0.1) is 0 Å². The van der Waals surface area contributed by atoms with Crippen molar-refractivity contribution in [2.45, 2.75) is 6.42 Å². The average Bonchev–Trinajstić information content (AvgIpc) is 2.55. The molecule has 2 rings (SSSR count). The van der Waals surface area contributed by atoms with Crippen LogP contribution < -0.4 is 11.1 Å². The van der Waals surface area contributed by atoms with Crippen LogP contribution in [0.15, 0.2) is 24.3 Å². The summed E-state index contributed by atoms with van der Waals surface area (Å²) in [5.74, 6) is -0.0371. The maximum Gasteiger partial charge on any atom is 0.322 e. The van der Waals surface area contributed by atoms with Gasteiger partial charge in [0.2, 0.25) is 5.91 Å². The van der Waals surface area contributed by atoms with Crippen LogP contribution in [-0.4, -0.2) is 48.4 Å². The number of nitrogens with one attached hydrogen (secondary N) is 1. The van der Waals surface area contributed by atoms with Crippen LogP contribution in [0.1, 0.15) is 6.42 Å². The van der Waals surface area contributed by atoms with Crippen molar-refractivity contribution < 1.29 is 9.59 Å². The van der Waals surface area contributed by atoms with Crippen LogP contribution in [-0.2, 0) is 4.79 Å². The van der Waals surface area contributed by atoms with Gasteiger partial charge in [-0.05, 0) is 30.7 Å². The number of likely N-dealkylation sites (N-methyl/N-ethyl adjacent to an activating group) is 1. The summed E-state index contributed by atoms with van der Waals surface area (Å²) < 4.78 is 0. The first-order valence-corrected chi connectivity index (χ1v) is 6.21. The van der Waals surface area contributed by atoms with E-state index >= 15 is 0 Å². The fourth-order valence-electron chi connectivity index (χ4n) is 1.93. The summed E-state index contributed by atoms with van der Waals surface area (Å²) in [4.78, 5) is 27.0. The molecular formula is C13H18N4O2. The number of hydrogen-bond acceptors (Lipinski definition) is 3. The SMILES string of the molecule is CN1CCCN(C(=O)Nc2ccc(N)cc2)CC1=O. The normalized spacial score (nSPS) is 16.2. The molecule has 6 heteroatoms. The molecule has 0 spiro atoms. The van der Waals surface area contributed by atoms with Crippen molar-refractivity contribution >= 4 is 23.3 Å². The fourth-order valence-corrected chi connectivity index (χ4v) is 1.93. The third kappa shape index (κ3) is 3.37. The summed E-state index contributed by atoms with van der Waals surface area (Å²) >= 11 is 0. The van der Waals surface area contributed by atoms with Gasteiger partial charge >= 0.3 is 6.03 Å². The number of rotatable bonds is 1. The Morgan fingerprint density at radius 3 is 2.63 bits per heavy atom. The second kappa shape index (κ2) is 5.60. The first kappa shape index (κ1) is 13.2. The number of nitrogens with zero attached hydrogens (tertiary/aromatic N) is 2. The molecule has 0 atom stereocenters. The first-order chi connectivity index (χ1) is 9.06. The zero-order chi connectivity index (χ0) is 13.8. The summed E-state index contributed by atoms with van der Waals surface area (Å²) in [5, 5.41) is 2.76. The Bertz CT molecular complexity index is 472. The summed E-state index contributed by atoms with van der Waals surface area (Å²) in [5.41, 5.74) is 6.89. The van der Waals surface area contributed by atoms with E-state index in [0.717, 1.165) is 6.42 Å². The number of nitrogens with two attached hydrogens (primary N) is 1. The van der Waals surface area contributed by atoms with Gasteiger partial charge in [0.1, 0.15) is 6.54 Å². The lowest BCUT2D eigenvalue weighted by Crippen LogP contribution is -2.40. The first-order valence-electron chi connectivity index (χ1n) is 6.21. The van der Waals surface area contributed by atoms with E-state index in [0.29, 0.717) is 24.5 Å². The van der Waals surface area contributed by atoms with Crippen LogP contribution in [0.25, 0.3) is 0 Å². The van der Waals surface area contributed by atoms with Crippen molar-refractivity contribution in [2.75, 3.05) is 37.7 Å². The smallest absolute Gasteiger partial charge is 0.322 e. The van der Waals surface area contributed by atoms with Gasteiger partial charge in [0, 0.05) is 31.5 Å². The van der Waals surface area contributed by atoms with Gasteiger partial charge in [-0.3, -0.25) is 4.79 Å². The van der Waals surface area contributed by atoms with E-state index in [4.69, 9.17) is 5.73 Å². The van der Waals surface area contributed by atoms with Gasteiger partial charge in [-0.1, -0.05) is 0 Å². The van der Waals surface area contributed by atoms with Gasteiger partial charge in [-0.2, -0.15) is 0 Å². The molecule has 0 saturated carbocycles. The van der Waals surface area contributed by atoms with E-state index < -0.39 is 0 Å². The third-order valence-electron chi connectivity index (χ3n) is 3.12. The largest absolute Gasteiger partial charge is 0.399 e. The second-order valence-electron chi connectivity index (χ2n) is 4.64. The topological polar surface area (TPSA) is 78.7 Å². The number of anilines is 2. The summed E-state index contributed by atoms with van der Waals surface area (Å²) in [6.45, 7) is 1.39. The number of nitrogen functional groups attached to an aromatic ring is 1. The molecular weight excluding hydrogens is 244 g/mol. The van der Waals surface area contributed by atoms with Crippen molar-refractivity contribution in [2.24, 2.45) is 0 Å². The minimum absolute atomic E-state index is 0.0371. The highest BCUT2D eigenvalue weighted by Gasteiger charge is 2.22. The van der Waals surface area contributed by atoms with E-state index in [-0.39, 0.29) is 18.5 Å². The number of hydrogen-bond donors (Lipinski definition) is 2. The summed E-state index contributed by atoms with van der Waals surface area (Å²) in [7, 11) is 1.75. The molecule has 0 aromatic heterocycles. The van der Waals surface area contributed by atoms with Gasteiger partial charge in [-0.15, -0.1) is 0 Å². The molecule has 0 radical (unpaired) electrons. The molecule has 1 aromatic carbocycles. The minimum Gasteiger partial charge on any atom is -0.399 e. The van der Waals surface area contributed by atoms with Crippen molar-refractivity contribution in [1.82, 2.24) is 9.80 Å². The van der Waals surface area contributed by atoms with Gasteiger partial charge in [0.15, 0.2) is 0 Å². The highest BCUT2D eigenvalue weighted by molar-refractivity contribution is 5.92. The Hall–Kier alpha value is -2.24. The highest BCUT2D eigenvalue weighted by Crippen LogP contribution is 2.12. The minimum atomic E-state index is -0.256. The van der Waals surface area contributed by atoms with Crippen molar-refractivity contribution in [3.63, 3.8) is 0 Å². The Balaban J connectivity index is 1.99. The van der Waals surface area contributed by atoms with Crippen LogP contribution in [0.3, 0.4) is 0 Å².